The fourth-order valence-electron chi connectivity index (χ4n) is 1.54. The third-order valence-electron chi connectivity index (χ3n) is 2.36. The number of nitrogens with zero attached hydrogens (tertiary/aromatic N) is 3. The Balaban J connectivity index is 2.55. The SMILES string of the molecule is CCn1cnnc1-c1ccc(Cl)cc1OC. The normalized spacial score (nSPS) is 10.4. The van der Waals surface area contributed by atoms with Gasteiger partial charge in [-0.15, -0.1) is 10.2 Å². The van der Waals surface area contributed by atoms with Crippen molar-refractivity contribution >= 4 is 11.6 Å². The summed E-state index contributed by atoms with van der Waals surface area (Å²) in [7, 11) is 1.61. The zero-order valence-corrected chi connectivity index (χ0v) is 9.90. The van der Waals surface area contributed by atoms with Crippen LogP contribution in [-0.2, 0) is 6.54 Å². The summed E-state index contributed by atoms with van der Waals surface area (Å²) in [4.78, 5) is 0. The number of rotatable bonds is 3. The first kappa shape index (κ1) is 11.0. The van der Waals surface area contributed by atoms with Crippen molar-refractivity contribution in [3.63, 3.8) is 0 Å². The predicted molar refractivity (Wildman–Crippen MR) is 62.7 cm³/mol. The van der Waals surface area contributed by atoms with E-state index < -0.39 is 0 Å². The minimum Gasteiger partial charge on any atom is -0.496 e. The van der Waals surface area contributed by atoms with Gasteiger partial charge in [-0.05, 0) is 25.1 Å². The second kappa shape index (κ2) is 4.53. The molecule has 0 atom stereocenters. The summed E-state index contributed by atoms with van der Waals surface area (Å²) >= 11 is 5.91. The van der Waals surface area contributed by atoms with Gasteiger partial charge in [0.05, 0.1) is 12.7 Å². The van der Waals surface area contributed by atoms with Gasteiger partial charge in [-0.25, -0.2) is 0 Å². The molecule has 0 saturated heterocycles. The predicted octanol–water partition coefficient (Wildman–Crippen LogP) is 2.63. The van der Waals surface area contributed by atoms with Crippen LogP contribution in [0.25, 0.3) is 11.4 Å². The van der Waals surface area contributed by atoms with E-state index in [1.807, 2.05) is 23.6 Å². The average molecular weight is 238 g/mol. The molecule has 4 nitrogen and oxygen atoms in total. The van der Waals surface area contributed by atoms with Crippen molar-refractivity contribution in [1.82, 2.24) is 14.8 Å². The molecule has 0 aliphatic rings. The number of aryl methyl sites for hydroxylation is 1. The fourth-order valence-corrected chi connectivity index (χ4v) is 1.71. The third kappa shape index (κ3) is 1.88. The molecule has 2 aromatic rings. The first-order chi connectivity index (χ1) is 7.76. The Morgan fingerprint density at radius 1 is 1.44 bits per heavy atom. The van der Waals surface area contributed by atoms with E-state index in [9.17, 15) is 0 Å². The molecule has 0 amide bonds. The van der Waals surface area contributed by atoms with E-state index >= 15 is 0 Å². The summed E-state index contributed by atoms with van der Waals surface area (Å²) in [6, 6.07) is 5.47. The van der Waals surface area contributed by atoms with Gasteiger partial charge < -0.3 is 9.30 Å². The highest BCUT2D eigenvalue weighted by atomic mass is 35.5. The minimum absolute atomic E-state index is 0.642. The molecule has 0 unspecified atom stereocenters. The molecule has 1 aromatic heterocycles. The Morgan fingerprint density at radius 3 is 2.94 bits per heavy atom. The first-order valence-corrected chi connectivity index (χ1v) is 5.35. The molecule has 5 heteroatoms. The van der Waals surface area contributed by atoms with Crippen LogP contribution in [0.15, 0.2) is 24.5 Å². The molecule has 16 heavy (non-hydrogen) atoms. The van der Waals surface area contributed by atoms with Crippen molar-refractivity contribution in [2.45, 2.75) is 13.5 Å². The minimum atomic E-state index is 0.642. The molecular formula is C11H12ClN3O. The third-order valence-corrected chi connectivity index (χ3v) is 2.60. The monoisotopic (exact) mass is 237 g/mol. The molecular weight excluding hydrogens is 226 g/mol. The lowest BCUT2D eigenvalue weighted by molar-refractivity contribution is 0.416. The van der Waals surface area contributed by atoms with Crippen LogP contribution in [0, 0.1) is 0 Å². The number of ether oxygens (including phenoxy) is 1. The van der Waals surface area contributed by atoms with Gasteiger partial charge >= 0.3 is 0 Å². The number of methoxy groups -OCH3 is 1. The van der Waals surface area contributed by atoms with Crippen LogP contribution in [0.3, 0.4) is 0 Å². The lowest BCUT2D eigenvalue weighted by Gasteiger charge is -2.08. The molecule has 2 rings (SSSR count). The lowest BCUT2D eigenvalue weighted by atomic mass is 10.2. The maximum atomic E-state index is 5.91. The number of hydrogen-bond acceptors (Lipinski definition) is 3. The van der Waals surface area contributed by atoms with Crippen molar-refractivity contribution in [3.8, 4) is 17.1 Å². The fraction of sp³-hybridized carbons (Fsp3) is 0.273. The summed E-state index contributed by atoms with van der Waals surface area (Å²) in [6.45, 7) is 2.85. The maximum Gasteiger partial charge on any atom is 0.167 e. The van der Waals surface area contributed by atoms with Gasteiger partial charge in [-0.1, -0.05) is 11.6 Å². The van der Waals surface area contributed by atoms with E-state index in [-0.39, 0.29) is 0 Å². The highest BCUT2D eigenvalue weighted by Gasteiger charge is 2.11. The second-order valence-electron chi connectivity index (χ2n) is 3.29. The first-order valence-electron chi connectivity index (χ1n) is 4.98. The molecule has 0 saturated carbocycles. The number of benzene rings is 1. The Bertz CT molecular complexity index is 496. The van der Waals surface area contributed by atoms with Crippen LogP contribution in [0.5, 0.6) is 5.75 Å². The van der Waals surface area contributed by atoms with Gasteiger partial charge in [-0.3, -0.25) is 0 Å². The molecule has 84 valence electrons. The largest absolute Gasteiger partial charge is 0.496 e. The number of halogens is 1. The van der Waals surface area contributed by atoms with Crippen LogP contribution in [-0.4, -0.2) is 21.9 Å². The van der Waals surface area contributed by atoms with E-state index in [2.05, 4.69) is 10.2 Å². The van der Waals surface area contributed by atoms with Gasteiger partial charge in [0.1, 0.15) is 12.1 Å². The topological polar surface area (TPSA) is 39.9 Å². The molecule has 0 aliphatic carbocycles. The summed E-state index contributed by atoms with van der Waals surface area (Å²) in [5.41, 5.74) is 0.895. The summed E-state index contributed by atoms with van der Waals surface area (Å²) < 4.78 is 7.23. The maximum absolute atomic E-state index is 5.91. The Morgan fingerprint density at radius 2 is 2.25 bits per heavy atom. The molecule has 0 fully saturated rings. The van der Waals surface area contributed by atoms with Crippen molar-refractivity contribution in [1.29, 1.82) is 0 Å². The van der Waals surface area contributed by atoms with Crippen molar-refractivity contribution in [2.75, 3.05) is 7.11 Å². The zero-order valence-electron chi connectivity index (χ0n) is 9.14. The number of hydrogen-bond donors (Lipinski definition) is 0. The van der Waals surface area contributed by atoms with E-state index in [1.54, 1.807) is 19.5 Å². The van der Waals surface area contributed by atoms with Crippen LogP contribution in [0.1, 0.15) is 6.92 Å². The van der Waals surface area contributed by atoms with E-state index in [0.717, 1.165) is 17.9 Å². The quantitative estimate of drug-likeness (QED) is 0.824. The average Bonchev–Trinajstić information content (AvgIpc) is 2.76. The molecule has 0 aliphatic heterocycles. The Kier molecular flexibility index (Phi) is 3.10. The van der Waals surface area contributed by atoms with E-state index in [4.69, 9.17) is 16.3 Å². The lowest BCUT2D eigenvalue weighted by Crippen LogP contribution is -1.98. The van der Waals surface area contributed by atoms with Crippen molar-refractivity contribution in [2.24, 2.45) is 0 Å². The molecule has 1 aromatic carbocycles. The zero-order chi connectivity index (χ0) is 11.5. The smallest absolute Gasteiger partial charge is 0.167 e. The molecule has 0 bridgehead atoms. The molecule has 0 spiro atoms. The van der Waals surface area contributed by atoms with Gasteiger partial charge in [0.15, 0.2) is 5.82 Å². The van der Waals surface area contributed by atoms with Crippen LogP contribution in [0.4, 0.5) is 0 Å². The standard InChI is InChI=1S/C11H12ClN3O/c1-3-15-7-13-14-11(15)9-5-4-8(12)6-10(9)16-2/h4-7H,3H2,1-2H3. The molecule has 1 heterocycles. The van der Waals surface area contributed by atoms with E-state index in [0.29, 0.717) is 10.8 Å². The summed E-state index contributed by atoms with van der Waals surface area (Å²) in [5.74, 6) is 1.49. The second-order valence-corrected chi connectivity index (χ2v) is 3.72. The molecule has 0 N–H and O–H groups in total. The van der Waals surface area contributed by atoms with E-state index in [1.165, 1.54) is 0 Å². The summed E-state index contributed by atoms with van der Waals surface area (Å²) in [5, 5.41) is 8.62. The van der Waals surface area contributed by atoms with Crippen LogP contribution in [0.2, 0.25) is 5.02 Å². The van der Waals surface area contributed by atoms with Gasteiger partial charge in [-0.2, -0.15) is 0 Å². The van der Waals surface area contributed by atoms with Gasteiger partial charge in [0.2, 0.25) is 0 Å². The van der Waals surface area contributed by atoms with Crippen LogP contribution >= 0.6 is 11.6 Å². The summed E-state index contributed by atoms with van der Waals surface area (Å²) in [6.07, 6.45) is 1.70. The van der Waals surface area contributed by atoms with Gasteiger partial charge in [0, 0.05) is 11.6 Å². The van der Waals surface area contributed by atoms with Crippen molar-refractivity contribution in [3.05, 3.63) is 29.5 Å². The Labute approximate surface area is 98.8 Å². The molecule has 0 radical (unpaired) electrons. The Hall–Kier alpha value is -1.55. The number of aromatic nitrogens is 3. The van der Waals surface area contributed by atoms with Crippen LogP contribution < -0.4 is 4.74 Å². The highest BCUT2D eigenvalue weighted by molar-refractivity contribution is 6.30. The van der Waals surface area contributed by atoms with Crippen molar-refractivity contribution < 1.29 is 4.74 Å². The highest BCUT2D eigenvalue weighted by Crippen LogP contribution is 2.30. The van der Waals surface area contributed by atoms with Gasteiger partial charge in [0.25, 0.3) is 0 Å².